The Labute approximate surface area is 129 Å². The third-order valence-corrected chi connectivity index (χ3v) is 9.91. The number of hydrogen-bond donors (Lipinski definition) is 0. The summed E-state index contributed by atoms with van der Waals surface area (Å²) in [5.74, 6) is -0.161. The van der Waals surface area contributed by atoms with Crippen molar-refractivity contribution in [3.05, 3.63) is 0 Å². The summed E-state index contributed by atoms with van der Waals surface area (Å²) in [4.78, 5) is 12.1. The molecular weight excluding hydrogens is 291 g/mol. The average Bonchev–Trinajstić information content (AvgIpc) is 2.49. The Balaban J connectivity index is 4.23. The third-order valence-electron chi connectivity index (χ3n) is 4.13. The Kier molecular flexibility index (Phi) is 10.4. The van der Waals surface area contributed by atoms with Crippen molar-refractivity contribution in [2.45, 2.75) is 27.2 Å². The van der Waals surface area contributed by atoms with Crippen molar-refractivity contribution in [3.8, 4) is 0 Å². The van der Waals surface area contributed by atoms with Gasteiger partial charge in [0.15, 0.2) is 0 Å². The van der Waals surface area contributed by atoms with Crippen molar-refractivity contribution in [3.63, 3.8) is 0 Å². The van der Waals surface area contributed by atoms with E-state index < -0.39 is 6.83 Å². The zero-order chi connectivity index (χ0) is 16.2. The second kappa shape index (κ2) is 10.5. The Hall–Kier alpha value is -0.220. The van der Waals surface area contributed by atoms with E-state index in [1.54, 1.807) is 7.11 Å². The molecule has 0 amide bonds. The molecule has 0 rings (SSSR count). The monoisotopic (exact) mass is 324 g/mol. The van der Waals surface area contributed by atoms with E-state index in [1.165, 1.54) is 0 Å². The first-order valence-corrected chi connectivity index (χ1v) is 11.0. The van der Waals surface area contributed by atoms with Crippen molar-refractivity contribution in [1.82, 2.24) is 0 Å². The fourth-order valence-corrected chi connectivity index (χ4v) is 4.80. The van der Waals surface area contributed by atoms with Gasteiger partial charge in [0.05, 0.1) is 0 Å². The molecule has 0 unspecified atom stereocenters. The van der Waals surface area contributed by atoms with Gasteiger partial charge in [-0.1, -0.05) is 0 Å². The maximum atomic E-state index is 12.1. The zero-order valence-electron chi connectivity index (χ0n) is 14.4. The third kappa shape index (κ3) is 8.10. The number of carbonyl (C=O) groups is 1. The van der Waals surface area contributed by atoms with Crippen LogP contribution in [0.15, 0.2) is 0 Å². The molecule has 0 atom stereocenters. The van der Waals surface area contributed by atoms with Gasteiger partial charge in [0.1, 0.15) is 0 Å². The summed E-state index contributed by atoms with van der Waals surface area (Å²) in [5.41, 5.74) is 0. The predicted octanol–water partition coefficient (Wildman–Crippen LogP) is 2.76. The summed E-state index contributed by atoms with van der Waals surface area (Å²) < 4.78 is 21.7. The molecule has 21 heavy (non-hydrogen) atoms. The van der Waals surface area contributed by atoms with E-state index in [2.05, 4.69) is 20.5 Å². The van der Waals surface area contributed by atoms with Crippen LogP contribution >= 0.6 is 6.83 Å². The fraction of sp³-hybridized carbons (Fsp3) is 0.933. The van der Waals surface area contributed by atoms with Gasteiger partial charge in [-0.3, -0.25) is 0 Å². The summed E-state index contributed by atoms with van der Waals surface area (Å²) in [6, 6.07) is 0. The van der Waals surface area contributed by atoms with E-state index >= 15 is 0 Å². The minimum atomic E-state index is -2.44. The normalized spacial score (nSPS) is 13.7. The zero-order valence-corrected chi connectivity index (χ0v) is 15.2. The van der Waals surface area contributed by atoms with Crippen LogP contribution in [-0.4, -0.2) is 71.3 Å². The van der Waals surface area contributed by atoms with E-state index in [4.69, 9.17) is 18.7 Å². The Morgan fingerprint density at radius 1 is 0.952 bits per heavy atom. The molecule has 128 valence electrons. The molecule has 0 aliphatic heterocycles. The van der Waals surface area contributed by atoms with Gasteiger partial charge in [-0.05, 0) is 0 Å². The van der Waals surface area contributed by atoms with Crippen LogP contribution in [-0.2, 0) is 23.5 Å². The molecule has 0 fully saturated rings. The van der Waals surface area contributed by atoms with Crippen LogP contribution in [0.2, 0.25) is 0 Å². The SMILES string of the molecule is CCOCCOCCC(=O)OP(C)(CC)(CC)CCOC. The first kappa shape index (κ1) is 20.8. The molecule has 0 aromatic rings. The van der Waals surface area contributed by atoms with Crippen molar-refractivity contribution < 1.29 is 23.5 Å². The van der Waals surface area contributed by atoms with Crippen LogP contribution in [0.1, 0.15) is 27.2 Å². The molecule has 5 nitrogen and oxygen atoms in total. The molecular formula is C15H33O5P. The summed E-state index contributed by atoms with van der Waals surface area (Å²) in [5, 5.41) is 0. The first-order chi connectivity index (χ1) is 9.93. The van der Waals surface area contributed by atoms with Crippen molar-refractivity contribution in [1.29, 1.82) is 0 Å². The summed E-state index contributed by atoms with van der Waals surface area (Å²) in [6.07, 6.45) is 2.90. The van der Waals surface area contributed by atoms with Gasteiger partial charge < -0.3 is 0 Å². The van der Waals surface area contributed by atoms with Gasteiger partial charge >= 0.3 is 129 Å². The number of rotatable bonds is 13. The van der Waals surface area contributed by atoms with Crippen LogP contribution in [0.3, 0.4) is 0 Å². The number of methoxy groups -OCH3 is 1. The van der Waals surface area contributed by atoms with Crippen molar-refractivity contribution >= 4 is 12.8 Å². The first-order valence-electron chi connectivity index (χ1n) is 7.81. The van der Waals surface area contributed by atoms with E-state index in [-0.39, 0.29) is 5.97 Å². The van der Waals surface area contributed by atoms with Gasteiger partial charge in [0, 0.05) is 0 Å². The van der Waals surface area contributed by atoms with Gasteiger partial charge in [-0.15, -0.1) is 0 Å². The molecule has 0 heterocycles. The molecule has 0 N–H and O–H groups in total. The predicted molar refractivity (Wildman–Crippen MR) is 88.7 cm³/mol. The second-order valence-corrected chi connectivity index (χ2v) is 11.8. The summed E-state index contributed by atoms with van der Waals surface area (Å²) in [6.45, 7) is 8.62. The molecule has 0 radical (unpaired) electrons. The van der Waals surface area contributed by atoms with E-state index in [0.717, 1.165) is 18.5 Å². The second-order valence-electron chi connectivity index (χ2n) is 5.56. The van der Waals surface area contributed by atoms with Crippen LogP contribution in [0, 0.1) is 0 Å². The number of carbonyl (C=O) groups excluding carboxylic acids is 1. The van der Waals surface area contributed by atoms with Crippen LogP contribution in [0.5, 0.6) is 0 Å². The van der Waals surface area contributed by atoms with Crippen LogP contribution in [0.4, 0.5) is 0 Å². The van der Waals surface area contributed by atoms with Crippen molar-refractivity contribution in [2.75, 3.05) is 65.3 Å². The van der Waals surface area contributed by atoms with E-state index in [0.29, 0.717) is 39.5 Å². The molecule has 0 spiro atoms. The van der Waals surface area contributed by atoms with Gasteiger partial charge in [0.25, 0.3) is 0 Å². The van der Waals surface area contributed by atoms with E-state index in [1.807, 2.05) is 6.92 Å². The number of hydrogen-bond acceptors (Lipinski definition) is 5. The number of ether oxygens (including phenoxy) is 3. The fourth-order valence-electron chi connectivity index (χ4n) is 1.95. The molecule has 0 saturated heterocycles. The van der Waals surface area contributed by atoms with Crippen LogP contribution < -0.4 is 0 Å². The Bertz CT molecular complexity index is 292. The molecule has 0 aliphatic carbocycles. The quantitative estimate of drug-likeness (QED) is 0.385. The molecule has 0 aliphatic rings. The van der Waals surface area contributed by atoms with Gasteiger partial charge in [-0.25, -0.2) is 0 Å². The molecule has 0 aromatic heterocycles. The Morgan fingerprint density at radius 2 is 1.57 bits per heavy atom. The minimum absolute atomic E-state index is 0.161. The molecule has 0 aromatic carbocycles. The van der Waals surface area contributed by atoms with Gasteiger partial charge in [-0.2, -0.15) is 0 Å². The topological polar surface area (TPSA) is 54.0 Å². The van der Waals surface area contributed by atoms with Gasteiger partial charge in [0.2, 0.25) is 0 Å². The van der Waals surface area contributed by atoms with E-state index in [9.17, 15) is 4.79 Å². The van der Waals surface area contributed by atoms with Crippen molar-refractivity contribution in [2.24, 2.45) is 0 Å². The maximum absolute atomic E-state index is 12.1. The summed E-state index contributed by atoms with van der Waals surface area (Å²) in [7, 11) is 1.68. The Morgan fingerprint density at radius 3 is 2.10 bits per heavy atom. The average molecular weight is 324 g/mol. The molecule has 0 bridgehead atoms. The standard InChI is InChI=1S/C15H33O5P/c1-6-18-11-12-19-10-9-15(16)20-21(5,7-2,8-3)14-13-17-4/h6-14H2,1-5H3. The van der Waals surface area contributed by atoms with Crippen LogP contribution in [0.25, 0.3) is 0 Å². The molecule has 0 saturated carbocycles. The summed E-state index contributed by atoms with van der Waals surface area (Å²) >= 11 is 0. The molecule has 6 heteroatoms.